The number of carbonyl (C=O) groups is 2. The minimum atomic E-state index is -0.243. The second-order valence-corrected chi connectivity index (χ2v) is 6.65. The van der Waals surface area contributed by atoms with Crippen LogP contribution in [0.3, 0.4) is 0 Å². The number of carbonyl (C=O) groups excluding carboxylic acids is 2. The van der Waals surface area contributed by atoms with E-state index in [0.717, 1.165) is 12.0 Å². The maximum Gasteiger partial charge on any atom is 0.226 e. The van der Waals surface area contributed by atoms with Crippen LogP contribution in [0.25, 0.3) is 0 Å². The fraction of sp³-hybridized carbons (Fsp3) is 0.556. The molecular formula is C18H26N2O2. The zero-order valence-electron chi connectivity index (χ0n) is 13.5. The van der Waals surface area contributed by atoms with Gasteiger partial charge in [0, 0.05) is 19.0 Å². The average Bonchev–Trinajstić information content (AvgIpc) is 2.49. The first-order valence-corrected chi connectivity index (χ1v) is 8.10. The molecule has 0 radical (unpaired) electrons. The van der Waals surface area contributed by atoms with E-state index in [1.807, 2.05) is 17.0 Å². The van der Waals surface area contributed by atoms with Gasteiger partial charge < -0.3 is 10.6 Å². The van der Waals surface area contributed by atoms with E-state index in [9.17, 15) is 9.59 Å². The number of primary amides is 1. The molecule has 120 valence electrons. The summed E-state index contributed by atoms with van der Waals surface area (Å²) in [6.45, 7) is 5.68. The normalized spacial score (nSPS) is 16.0. The average molecular weight is 302 g/mol. The predicted molar refractivity (Wildman–Crippen MR) is 87.2 cm³/mol. The second kappa shape index (κ2) is 7.43. The number of nitrogens with two attached hydrogens (primary N) is 1. The molecule has 2 amide bonds. The number of rotatable bonds is 5. The van der Waals surface area contributed by atoms with Gasteiger partial charge in [-0.1, -0.05) is 38.1 Å². The van der Waals surface area contributed by atoms with Crippen LogP contribution < -0.4 is 5.73 Å². The molecule has 0 unspecified atom stereocenters. The van der Waals surface area contributed by atoms with Crippen molar-refractivity contribution in [3.8, 4) is 0 Å². The van der Waals surface area contributed by atoms with Crippen LogP contribution in [0.5, 0.6) is 0 Å². The van der Waals surface area contributed by atoms with E-state index in [-0.39, 0.29) is 17.7 Å². The molecule has 1 heterocycles. The van der Waals surface area contributed by atoms with E-state index in [4.69, 9.17) is 5.73 Å². The second-order valence-electron chi connectivity index (χ2n) is 6.65. The highest BCUT2D eigenvalue weighted by molar-refractivity contribution is 5.80. The number of hydrogen-bond donors (Lipinski definition) is 1. The van der Waals surface area contributed by atoms with Gasteiger partial charge in [0.2, 0.25) is 11.8 Å². The third kappa shape index (κ3) is 4.58. The standard InChI is InChI=1S/C18H26N2O2/c1-13(2)11-14-3-5-15(6-4-14)12-17(21)20-9-7-16(8-10-20)18(19)22/h3-6,13,16H,7-12H2,1-2H3,(H2,19,22). The lowest BCUT2D eigenvalue weighted by Crippen LogP contribution is -2.42. The summed E-state index contributed by atoms with van der Waals surface area (Å²) >= 11 is 0. The van der Waals surface area contributed by atoms with E-state index in [1.165, 1.54) is 5.56 Å². The first-order chi connectivity index (χ1) is 10.5. The van der Waals surface area contributed by atoms with E-state index in [0.29, 0.717) is 38.3 Å². The van der Waals surface area contributed by atoms with Crippen LogP contribution in [-0.2, 0) is 22.4 Å². The third-order valence-corrected chi connectivity index (χ3v) is 4.27. The quantitative estimate of drug-likeness (QED) is 0.906. The Bertz CT molecular complexity index is 514. The van der Waals surface area contributed by atoms with Crippen molar-refractivity contribution in [1.82, 2.24) is 4.90 Å². The van der Waals surface area contributed by atoms with E-state index < -0.39 is 0 Å². The van der Waals surface area contributed by atoms with Crippen molar-refractivity contribution in [2.45, 2.75) is 39.5 Å². The lowest BCUT2D eigenvalue weighted by molar-refractivity contribution is -0.134. The Kier molecular flexibility index (Phi) is 5.58. The first-order valence-electron chi connectivity index (χ1n) is 8.10. The zero-order chi connectivity index (χ0) is 16.1. The maximum absolute atomic E-state index is 12.3. The fourth-order valence-electron chi connectivity index (χ4n) is 2.96. The van der Waals surface area contributed by atoms with Gasteiger partial charge in [-0.3, -0.25) is 9.59 Å². The molecule has 4 heteroatoms. The highest BCUT2D eigenvalue weighted by Crippen LogP contribution is 2.18. The van der Waals surface area contributed by atoms with Crippen LogP contribution in [0.1, 0.15) is 37.8 Å². The van der Waals surface area contributed by atoms with Crippen LogP contribution >= 0.6 is 0 Å². The van der Waals surface area contributed by atoms with Gasteiger partial charge in [-0.2, -0.15) is 0 Å². The summed E-state index contributed by atoms with van der Waals surface area (Å²) in [5.74, 6) is 0.464. The molecule has 22 heavy (non-hydrogen) atoms. The molecule has 1 aromatic rings. The smallest absolute Gasteiger partial charge is 0.226 e. The first kappa shape index (κ1) is 16.5. The molecule has 1 aromatic carbocycles. The molecule has 1 aliphatic heterocycles. The van der Waals surface area contributed by atoms with Crippen molar-refractivity contribution in [3.05, 3.63) is 35.4 Å². The van der Waals surface area contributed by atoms with Crippen molar-refractivity contribution in [1.29, 1.82) is 0 Å². The third-order valence-electron chi connectivity index (χ3n) is 4.27. The van der Waals surface area contributed by atoms with E-state index >= 15 is 0 Å². The molecular weight excluding hydrogens is 276 g/mol. The van der Waals surface area contributed by atoms with Gasteiger partial charge in [0.1, 0.15) is 0 Å². The van der Waals surface area contributed by atoms with Gasteiger partial charge >= 0.3 is 0 Å². The number of nitrogens with zero attached hydrogens (tertiary/aromatic N) is 1. The maximum atomic E-state index is 12.3. The molecule has 1 fully saturated rings. The Morgan fingerprint density at radius 2 is 1.68 bits per heavy atom. The summed E-state index contributed by atoms with van der Waals surface area (Å²) in [5.41, 5.74) is 7.68. The largest absolute Gasteiger partial charge is 0.369 e. The van der Waals surface area contributed by atoms with E-state index in [1.54, 1.807) is 0 Å². The highest BCUT2D eigenvalue weighted by Gasteiger charge is 2.25. The number of benzene rings is 1. The highest BCUT2D eigenvalue weighted by atomic mass is 16.2. The van der Waals surface area contributed by atoms with Crippen molar-refractivity contribution >= 4 is 11.8 Å². The van der Waals surface area contributed by atoms with Crippen molar-refractivity contribution in [3.63, 3.8) is 0 Å². The zero-order valence-corrected chi connectivity index (χ0v) is 13.5. The predicted octanol–water partition coefficient (Wildman–Crippen LogP) is 2.15. The van der Waals surface area contributed by atoms with Gasteiger partial charge in [0.25, 0.3) is 0 Å². The lowest BCUT2D eigenvalue weighted by Gasteiger charge is -2.30. The number of hydrogen-bond acceptors (Lipinski definition) is 2. The Morgan fingerprint density at radius 1 is 1.14 bits per heavy atom. The van der Waals surface area contributed by atoms with Crippen LogP contribution in [0.4, 0.5) is 0 Å². The molecule has 4 nitrogen and oxygen atoms in total. The van der Waals surface area contributed by atoms with Gasteiger partial charge in [0.15, 0.2) is 0 Å². The summed E-state index contributed by atoms with van der Waals surface area (Å²) in [4.78, 5) is 25.3. The van der Waals surface area contributed by atoms with Crippen LogP contribution in [0, 0.1) is 11.8 Å². The van der Waals surface area contributed by atoms with Crippen molar-refractivity contribution in [2.75, 3.05) is 13.1 Å². The monoisotopic (exact) mass is 302 g/mol. The van der Waals surface area contributed by atoms with Gasteiger partial charge in [-0.05, 0) is 36.3 Å². The topological polar surface area (TPSA) is 63.4 Å². The molecule has 0 spiro atoms. The SMILES string of the molecule is CC(C)Cc1ccc(CC(=O)N2CCC(C(N)=O)CC2)cc1. The minimum Gasteiger partial charge on any atom is -0.369 e. The van der Waals surface area contributed by atoms with Crippen LogP contribution in [0.2, 0.25) is 0 Å². The Hall–Kier alpha value is -1.84. The Morgan fingerprint density at radius 3 is 2.18 bits per heavy atom. The summed E-state index contributed by atoms with van der Waals surface area (Å²) in [7, 11) is 0. The molecule has 1 saturated heterocycles. The molecule has 0 aromatic heterocycles. The molecule has 0 bridgehead atoms. The van der Waals surface area contributed by atoms with Crippen LogP contribution in [0.15, 0.2) is 24.3 Å². The summed E-state index contributed by atoms with van der Waals surface area (Å²) < 4.78 is 0. The van der Waals surface area contributed by atoms with Gasteiger partial charge in [-0.25, -0.2) is 0 Å². The molecule has 0 atom stereocenters. The molecule has 1 aliphatic rings. The molecule has 0 aliphatic carbocycles. The lowest BCUT2D eigenvalue weighted by atomic mass is 9.95. The number of likely N-dealkylation sites (tertiary alicyclic amines) is 1. The van der Waals surface area contributed by atoms with Gasteiger partial charge in [0.05, 0.1) is 6.42 Å². The Balaban J connectivity index is 1.86. The minimum absolute atomic E-state index is 0.0700. The van der Waals surface area contributed by atoms with Crippen LogP contribution in [-0.4, -0.2) is 29.8 Å². The van der Waals surface area contributed by atoms with E-state index in [2.05, 4.69) is 26.0 Å². The number of piperidine rings is 1. The Labute approximate surface area is 132 Å². The van der Waals surface area contributed by atoms with Crippen molar-refractivity contribution < 1.29 is 9.59 Å². The summed E-state index contributed by atoms with van der Waals surface area (Å²) in [5, 5.41) is 0. The number of amides is 2. The summed E-state index contributed by atoms with van der Waals surface area (Å²) in [6.07, 6.45) is 2.88. The fourth-order valence-corrected chi connectivity index (χ4v) is 2.96. The molecule has 2 N–H and O–H groups in total. The van der Waals surface area contributed by atoms with Gasteiger partial charge in [-0.15, -0.1) is 0 Å². The van der Waals surface area contributed by atoms with Crippen molar-refractivity contribution in [2.24, 2.45) is 17.6 Å². The summed E-state index contributed by atoms with van der Waals surface area (Å²) in [6, 6.07) is 8.32. The molecule has 2 rings (SSSR count). The molecule has 0 saturated carbocycles.